The number of carbonyl (C=O) groups is 1. The third-order valence-corrected chi connectivity index (χ3v) is 10.5. The lowest BCUT2D eigenvalue weighted by Gasteiger charge is -2.36. The van der Waals surface area contributed by atoms with Gasteiger partial charge in [0.15, 0.2) is 8.32 Å². The summed E-state index contributed by atoms with van der Waals surface area (Å²) in [4.78, 5) is 17.2. The zero-order valence-corrected chi connectivity index (χ0v) is 19.5. The third-order valence-electron chi connectivity index (χ3n) is 5.99. The van der Waals surface area contributed by atoms with Crippen LogP contribution in [0.3, 0.4) is 0 Å². The molecule has 0 unspecified atom stereocenters. The van der Waals surface area contributed by atoms with Crippen molar-refractivity contribution in [3.8, 4) is 0 Å². The second-order valence-electron chi connectivity index (χ2n) is 9.31. The number of likely N-dealkylation sites (N-methyl/N-ethyl adjacent to an activating group) is 1. The topological polar surface area (TPSA) is 70.8 Å². The van der Waals surface area contributed by atoms with Crippen LogP contribution in [-0.2, 0) is 15.6 Å². The number of rotatable bonds is 7. The maximum atomic E-state index is 12.5. The van der Waals surface area contributed by atoms with E-state index in [4.69, 9.17) is 10.2 Å². The van der Waals surface area contributed by atoms with Gasteiger partial charge in [-0.25, -0.2) is 0 Å². The Bertz CT molecular complexity index is 665. The van der Waals surface area contributed by atoms with Crippen molar-refractivity contribution in [2.45, 2.75) is 45.3 Å². The van der Waals surface area contributed by atoms with Gasteiger partial charge < -0.3 is 25.3 Å². The van der Waals surface area contributed by atoms with E-state index in [2.05, 4.69) is 56.0 Å². The molecule has 28 heavy (non-hydrogen) atoms. The van der Waals surface area contributed by atoms with E-state index in [9.17, 15) is 4.79 Å². The molecule has 0 aliphatic carbocycles. The van der Waals surface area contributed by atoms with Gasteiger partial charge in [0.2, 0.25) is 5.91 Å². The average Bonchev–Trinajstić information content (AvgIpc) is 2.59. The molecule has 0 saturated carbocycles. The van der Waals surface area contributed by atoms with Crippen LogP contribution in [0.25, 0.3) is 0 Å². The molecule has 2 rings (SSSR count). The molecule has 0 radical (unpaired) electrons. The molecule has 6 nitrogen and oxygen atoms in total. The zero-order valence-electron chi connectivity index (χ0n) is 18.5. The molecule has 3 N–H and O–H groups in total. The van der Waals surface area contributed by atoms with Crippen LogP contribution >= 0.6 is 0 Å². The van der Waals surface area contributed by atoms with E-state index in [0.29, 0.717) is 25.3 Å². The van der Waals surface area contributed by atoms with Crippen molar-refractivity contribution in [3.63, 3.8) is 0 Å². The van der Waals surface area contributed by atoms with Crippen LogP contribution in [-0.4, -0.2) is 65.5 Å². The van der Waals surface area contributed by atoms with E-state index in [1.165, 1.54) is 0 Å². The van der Waals surface area contributed by atoms with Crippen molar-refractivity contribution in [3.05, 3.63) is 23.8 Å². The fourth-order valence-corrected chi connectivity index (χ4v) is 4.10. The van der Waals surface area contributed by atoms with Crippen LogP contribution in [0.15, 0.2) is 18.2 Å². The number of nitrogens with zero attached hydrogens (tertiary/aromatic N) is 2. The van der Waals surface area contributed by atoms with Crippen molar-refractivity contribution in [1.29, 1.82) is 0 Å². The molecule has 7 heteroatoms. The molecule has 158 valence electrons. The Hall–Kier alpha value is -1.57. The molecule has 0 aromatic heterocycles. The number of hydrogen-bond acceptors (Lipinski definition) is 5. The third kappa shape index (κ3) is 6.22. The summed E-state index contributed by atoms with van der Waals surface area (Å²) in [7, 11) is 0.365. The molecule has 0 spiro atoms. The minimum atomic E-state index is -1.77. The summed E-state index contributed by atoms with van der Waals surface area (Å²) in [5, 5.41) is 3.18. The summed E-state index contributed by atoms with van der Waals surface area (Å²) in [6.07, 6.45) is 0.340. The maximum absolute atomic E-state index is 12.5. The number of nitrogens with one attached hydrogen (secondary N) is 1. The van der Waals surface area contributed by atoms with Gasteiger partial charge in [0.25, 0.3) is 0 Å². The average molecular weight is 407 g/mol. The van der Waals surface area contributed by atoms with E-state index < -0.39 is 8.32 Å². The van der Waals surface area contributed by atoms with Crippen LogP contribution in [0.1, 0.15) is 26.3 Å². The van der Waals surface area contributed by atoms with Gasteiger partial charge in [-0.05, 0) is 48.9 Å². The Balaban J connectivity index is 1.90. The number of piperazine rings is 1. The number of carbonyl (C=O) groups excluding carboxylic acids is 1. The second-order valence-corrected chi connectivity index (χ2v) is 14.1. The first-order valence-corrected chi connectivity index (χ1v) is 13.1. The lowest BCUT2D eigenvalue weighted by Crippen LogP contribution is -2.45. The Morgan fingerprint density at radius 1 is 1.21 bits per heavy atom. The minimum absolute atomic E-state index is 0.0137. The van der Waals surface area contributed by atoms with Crippen LogP contribution in [0.2, 0.25) is 18.1 Å². The van der Waals surface area contributed by atoms with Crippen LogP contribution in [0.5, 0.6) is 0 Å². The molecular formula is C21H38N4O2Si. The van der Waals surface area contributed by atoms with Crippen LogP contribution in [0, 0.1) is 0 Å². The van der Waals surface area contributed by atoms with Gasteiger partial charge in [-0.1, -0.05) is 20.8 Å². The Morgan fingerprint density at radius 2 is 1.86 bits per heavy atom. The van der Waals surface area contributed by atoms with Crippen molar-refractivity contribution >= 4 is 25.6 Å². The van der Waals surface area contributed by atoms with Crippen LogP contribution < -0.4 is 16.0 Å². The Morgan fingerprint density at radius 3 is 2.46 bits per heavy atom. The first-order chi connectivity index (χ1) is 13.0. The highest BCUT2D eigenvalue weighted by molar-refractivity contribution is 6.74. The zero-order chi connectivity index (χ0) is 20.9. The number of amides is 1. The lowest BCUT2D eigenvalue weighted by atomic mass is 10.1. The summed E-state index contributed by atoms with van der Waals surface area (Å²) < 4.78 is 6.13. The van der Waals surface area contributed by atoms with Gasteiger partial charge in [0, 0.05) is 44.1 Å². The summed E-state index contributed by atoms with van der Waals surface area (Å²) in [5.74, 6) is 0.0137. The molecule has 0 bridgehead atoms. The van der Waals surface area contributed by atoms with E-state index in [0.717, 1.165) is 37.4 Å². The first kappa shape index (κ1) is 22.7. The molecule has 1 saturated heterocycles. The van der Waals surface area contributed by atoms with E-state index in [-0.39, 0.29) is 10.9 Å². The van der Waals surface area contributed by atoms with Gasteiger partial charge >= 0.3 is 0 Å². The van der Waals surface area contributed by atoms with Crippen molar-refractivity contribution in [2.75, 3.05) is 57.0 Å². The Kier molecular flexibility index (Phi) is 7.53. The number of hydrogen-bond donors (Lipinski definition) is 2. The number of nitrogens with two attached hydrogens (primary N) is 1. The summed E-state index contributed by atoms with van der Waals surface area (Å²) >= 11 is 0. The largest absolute Gasteiger partial charge is 0.415 e. The molecular weight excluding hydrogens is 368 g/mol. The standard InChI is InChI=1S/C21H38N4O2Si/c1-21(2,3)28(5,6)27-14-9-23-20(26)16-17-15-18(22)7-8-19(17)25-12-10-24(4)11-13-25/h7-8,15H,9-14,16,22H2,1-6H3,(H,23,26). The van der Waals surface area contributed by atoms with Gasteiger partial charge in [-0.2, -0.15) is 0 Å². The second kappa shape index (κ2) is 9.28. The minimum Gasteiger partial charge on any atom is -0.415 e. The van der Waals surface area contributed by atoms with E-state index in [1.54, 1.807) is 0 Å². The summed E-state index contributed by atoms with van der Waals surface area (Å²) in [5.41, 5.74) is 8.80. The summed E-state index contributed by atoms with van der Waals surface area (Å²) in [6.45, 7) is 16.2. The molecule has 1 fully saturated rings. The van der Waals surface area contributed by atoms with E-state index >= 15 is 0 Å². The summed E-state index contributed by atoms with van der Waals surface area (Å²) in [6, 6.07) is 5.89. The number of nitrogen functional groups attached to an aromatic ring is 1. The lowest BCUT2D eigenvalue weighted by molar-refractivity contribution is -0.120. The first-order valence-electron chi connectivity index (χ1n) is 10.2. The molecule has 1 aromatic rings. The van der Waals surface area contributed by atoms with Crippen molar-refractivity contribution < 1.29 is 9.22 Å². The highest BCUT2D eigenvalue weighted by atomic mass is 28.4. The smallest absolute Gasteiger partial charge is 0.224 e. The number of anilines is 2. The predicted octanol–water partition coefficient (Wildman–Crippen LogP) is 2.70. The van der Waals surface area contributed by atoms with Gasteiger partial charge in [0.05, 0.1) is 13.0 Å². The van der Waals surface area contributed by atoms with Gasteiger partial charge in [-0.3, -0.25) is 4.79 Å². The predicted molar refractivity (Wildman–Crippen MR) is 120 cm³/mol. The van der Waals surface area contributed by atoms with Gasteiger partial charge in [-0.15, -0.1) is 0 Å². The quantitative estimate of drug-likeness (QED) is 0.414. The van der Waals surface area contributed by atoms with Crippen molar-refractivity contribution in [1.82, 2.24) is 10.2 Å². The van der Waals surface area contributed by atoms with Crippen molar-refractivity contribution in [2.24, 2.45) is 0 Å². The molecule has 1 aromatic carbocycles. The molecule has 1 aliphatic rings. The monoisotopic (exact) mass is 406 g/mol. The highest BCUT2D eigenvalue weighted by Crippen LogP contribution is 2.36. The number of benzene rings is 1. The highest BCUT2D eigenvalue weighted by Gasteiger charge is 2.36. The SMILES string of the molecule is CN1CCN(c2ccc(N)cc2CC(=O)NCCO[Si](C)(C)C(C)(C)C)CC1. The fourth-order valence-electron chi connectivity index (χ4n) is 3.05. The Labute approximate surface area is 171 Å². The van der Waals surface area contributed by atoms with Crippen LogP contribution in [0.4, 0.5) is 11.4 Å². The molecule has 0 atom stereocenters. The fraction of sp³-hybridized carbons (Fsp3) is 0.667. The normalized spacial score (nSPS) is 16.3. The van der Waals surface area contributed by atoms with E-state index in [1.807, 2.05) is 18.2 Å². The van der Waals surface area contributed by atoms with Gasteiger partial charge in [0.1, 0.15) is 0 Å². The maximum Gasteiger partial charge on any atom is 0.224 e. The molecule has 1 heterocycles. The molecule has 1 amide bonds. The molecule has 1 aliphatic heterocycles.